The molecular weight excluding hydrogens is 538 g/mol. The zero-order valence-electron chi connectivity index (χ0n) is 19.3. The normalized spacial score (nSPS) is 12.1. The standard InChI is InChI=1S/C20H26I.C6H5FO3S/c1-19(2,3)15-7-11-17(12-8-15)21-18-13-9-16(10-14-18)20(4,5)6;7-5-2-1-3-6(4-5)11(8,9)10/h7-14H,1-6H3;1-4H,(H,8,9,10)/q+1;/p-1. The highest BCUT2D eigenvalue weighted by Crippen LogP contribution is 2.21. The molecule has 3 rings (SSSR count). The zero-order valence-corrected chi connectivity index (χ0v) is 22.3. The summed E-state index contributed by atoms with van der Waals surface area (Å²) >= 11 is -0.0703. The van der Waals surface area contributed by atoms with Gasteiger partial charge in [-0.15, -0.1) is 0 Å². The van der Waals surface area contributed by atoms with Crippen molar-refractivity contribution in [3.63, 3.8) is 0 Å². The van der Waals surface area contributed by atoms with E-state index in [0.717, 1.165) is 12.1 Å². The van der Waals surface area contributed by atoms with Gasteiger partial charge >= 0.3 is 21.2 Å². The average molecular weight is 568 g/mol. The maximum atomic E-state index is 12.3. The molecule has 0 saturated heterocycles. The van der Waals surface area contributed by atoms with Gasteiger partial charge < -0.3 is 4.55 Å². The summed E-state index contributed by atoms with van der Waals surface area (Å²) in [6.07, 6.45) is 0. The third kappa shape index (κ3) is 8.30. The lowest BCUT2D eigenvalue weighted by Crippen LogP contribution is -3.61. The third-order valence-electron chi connectivity index (χ3n) is 4.72. The molecule has 3 aromatic carbocycles. The first-order chi connectivity index (χ1) is 14.7. The monoisotopic (exact) mass is 568 g/mol. The second-order valence-electron chi connectivity index (χ2n) is 9.52. The van der Waals surface area contributed by atoms with Crippen LogP contribution in [0.25, 0.3) is 0 Å². The van der Waals surface area contributed by atoms with Crippen LogP contribution in [-0.4, -0.2) is 13.0 Å². The van der Waals surface area contributed by atoms with Crippen molar-refractivity contribution in [2.75, 3.05) is 0 Å². The molecule has 0 amide bonds. The van der Waals surface area contributed by atoms with Crippen molar-refractivity contribution in [2.24, 2.45) is 0 Å². The van der Waals surface area contributed by atoms with Gasteiger partial charge in [-0.1, -0.05) is 71.9 Å². The van der Waals surface area contributed by atoms with E-state index >= 15 is 0 Å². The van der Waals surface area contributed by atoms with Gasteiger partial charge in [-0.25, -0.2) is 12.8 Å². The highest BCUT2D eigenvalue weighted by molar-refractivity contribution is 7.85. The Balaban J connectivity index is 0.000000278. The topological polar surface area (TPSA) is 57.2 Å². The van der Waals surface area contributed by atoms with Crippen molar-refractivity contribution in [2.45, 2.75) is 57.3 Å². The van der Waals surface area contributed by atoms with E-state index in [-0.39, 0.29) is 32.0 Å². The SMILES string of the molecule is CC(C)(C)c1ccc([I+]c2ccc(C(C)(C)C)cc2)cc1.O=S(=O)([O-])c1cccc(F)c1. The second-order valence-corrected chi connectivity index (χ2v) is 13.9. The van der Waals surface area contributed by atoms with E-state index in [0.29, 0.717) is 6.07 Å². The Morgan fingerprint density at radius 2 is 1.12 bits per heavy atom. The van der Waals surface area contributed by atoms with E-state index in [4.69, 9.17) is 0 Å². The van der Waals surface area contributed by atoms with Gasteiger partial charge in [-0.05, 0) is 64.4 Å². The largest absolute Gasteiger partial charge is 0.744 e. The lowest BCUT2D eigenvalue weighted by atomic mass is 9.87. The molecule has 0 radical (unpaired) electrons. The molecule has 0 N–H and O–H groups in total. The van der Waals surface area contributed by atoms with Gasteiger partial charge in [0, 0.05) is 0 Å². The minimum atomic E-state index is -4.52. The third-order valence-corrected chi connectivity index (χ3v) is 8.24. The van der Waals surface area contributed by atoms with Crippen LogP contribution in [0.1, 0.15) is 52.7 Å². The Hall–Kier alpha value is -1.77. The first-order valence-corrected chi connectivity index (χ1v) is 13.8. The van der Waals surface area contributed by atoms with E-state index in [9.17, 15) is 17.4 Å². The molecule has 0 fully saturated rings. The maximum Gasteiger partial charge on any atom is 0.357 e. The Labute approximate surface area is 202 Å². The van der Waals surface area contributed by atoms with E-state index < -0.39 is 20.8 Å². The van der Waals surface area contributed by atoms with Crippen LogP contribution < -0.4 is 21.2 Å². The summed E-state index contributed by atoms with van der Waals surface area (Å²) in [4.78, 5) is -0.544. The molecule has 32 heavy (non-hydrogen) atoms. The van der Waals surface area contributed by atoms with Gasteiger partial charge in [0.15, 0.2) is 7.14 Å². The Morgan fingerprint density at radius 1 is 0.719 bits per heavy atom. The minimum Gasteiger partial charge on any atom is -0.744 e. The van der Waals surface area contributed by atoms with Crippen molar-refractivity contribution >= 4 is 10.1 Å². The van der Waals surface area contributed by atoms with Gasteiger partial charge in [0.25, 0.3) is 0 Å². The van der Waals surface area contributed by atoms with E-state index in [1.54, 1.807) is 0 Å². The van der Waals surface area contributed by atoms with Crippen LogP contribution in [0.3, 0.4) is 0 Å². The predicted molar refractivity (Wildman–Crippen MR) is 122 cm³/mol. The molecule has 0 spiro atoms. The van der Waals surface area contributed by atoms with Gasteiger partial charge in [-0.3, -0.25) is 0 Å². The summed E-state index contributed by atoms with van der Waals surface area (Å²) in [5, 5.41) is 0. The van der Waals surface area contributed by atoms with Crippen molar-refractivity contribution in [3.8, 4) is 0 Å². The smallest absolute Gasteiger partial charge is 0.357 e. The van der Waals surface area contributed by atoms with Crippen LogP contribution >= 0.6 is 0 Å². The van der Waals surface area contributed by atoms with Crippen molar-refractivity contribution in [3.05, 3.63) is 96.9 Å². The summed E-state index contributed by atoms with van der Waals surface area (Å²) in [6.45, 7) is 13.6. The van der Waals surface area contributed by atoms with Gasteiger partial charge in [0.05, 0.1) is 4.90 Å². The first kappa shape index (κ1) is 26.5. The predicted octanol–water partition coefficient (Wildman–Crippen LogP) is 3.14. The lowest BCUT2D eigenvalue weighted by molar-refractivity contribution is -0.597. The number of hydrogen-bond donors (Lipinski definition) is 0. The highest BCUT2D eigenvalue weighted by atomic mass is 127. The summed E-state index contributed by atoms with van der Waals surface area (Å²) < 4.78 is 46.1. The summed E-state index contributed by atoms with van der Waals surface area (Å²) in [6, 6.07) is 22.4. The fourth-order valence-electron chi connectivity index (χ4n) is 2.77. The number of halogens is 2. The van der Waals surface area contributed by atoms with Gasteiger partial charge in [0.1, 0.15) is 15.9 Å². The van der Waals surface area contributed by atoms with E-state index in [1.807, 2.05) is 0 Å². The fourth-order valence-corrected chi connectivity index (χ4v) is 5.43. The Bertz CT molecular complexity index is 1070. The van der Waals surface area contributed by atoms with Crippen LogP contribution in [0.4, 0.5) is 4.39 Å². The zero-order chi connectivity index (χ0) is 24.2. The molecule has 0 heterocycles. The molecular formula is C26H30FIO3S. The van der Waals surface area contributed by atoms with Crippen LogP contribution in [0.2, 0.25) is 0 Å². The number of rotatable bonds is 3. The molecule has 0 unspecified atom stereocenters. The Kier molecular flexibility index (Phi) is 8.64. The molecule has 172 valence electrons. The molecule has 0 aliphatic heterocycles. The number of hydrogen-bond acceptors (Lipinski definition) is 3. The van der Waals surface area contributed by atoms with Crippen LogP contribution in [0.15, 0.2) is 77.7 Å². The quantitative estimate of drug-likeness (QED) is 0.361. The van der Waals surface area contributed by atoms with Crippen LogP contribution in [-0.2, 0) is 20.9 Å². The Morgan fingerprint density at radius 3 is 1.41 bits per heavy atom. The van der Waals surface area contributed by atoms with E-state index in [1.165, 1.54) is 24.3 Å². The second kappa shape index (κ2) is 10.4. The molecule has 0 aromatic heterocycles. The van der Waals surface area contributed by atoms with Crippen LogP contribution in [0, 0.1) is 13.0 Å². The van der Waals surface area contributed by atoms with Gasteiger partial charge in [-0.2, -0.15) is 0 Å². The molecule has 0 saturated carbocycles. The van der Waals surface area contributed by atoms with Crippen molar-refractivity contribution in [1.29, 1.82) is 0 Å². The van der Waals surface area contributed by atoms with Crippen LogP contribution in [0.5, 0.6) is 0 Å². The summed E-state index contributed by atoms with van der Waals surface area (Å²) in [5.74, 6) is -0.734. The highest BCUT2D eigenvalue weighted by Gasteiger charge is 2.20. The summed E-state index contributed by atoms with van der Waals surface area (Å²) in [7, 11) is -4.52. The first-order valence-electron chi connectivity index (χ1n) is 10.2. The average Bonchev–Trinajstić information content (AvgIpc) is 2.67. The fraction of sp³-hybridized carbons (Fsp3) is 0.308. The van der Waals surface area contributed by atoms with E-state index in [2.05, 4.69) is 90.1 Å². The molecule has 6 heteroatoms. The molecule has 0 aliphatic carbocycles. The molecule has 3 nitrogen and oxygen atoms in total. The van der Waals surface area contributed by atoms with Crippen molar-refractivity contribution < 1.29 is 38.6 Å². The van der Waals surface area contributed by atoms with Gasteiger partial charge in [0.2, 0.25) is 0 Å². The molecule has 0 aliphatic rings. The number of benzene rings is 3. The van der Waals surface area contributed by atoms with Crippen molar-refractivity contribution in [1.82, 2.24) is 0 Å². The molecule has 0 atom stereocenters. The lowest BCUT2D eigenvalue weighted by Gasteiger charge is -2.18. The molecule has 3 aromatic rings. The summed E-state index contributed by atoms with van der Waals surface area (Å²) in [5.41, 5.74) is 3.31. The maximum absolute atomic E-state index is 12.3. The molecule has 0 bridgehead atoms. The minimum absolute atomic E-state index is 0.0703.